The molecular formula is C10H17N3O7. The second-order valence-electron chi connectivity index (χ2n) is 4.30. The van der Waals surface area contributed by atoms with Gasteiger partial charge in [0.25, 0.3) is 6.79 Å². The minimum Gasteiger partial charge on any atom is -0.569 e. The first-order chi connectivity index (χ1) is 9.41. The molecular weight excluding hydrogens is 274 g/mol. The van der Waals surface area contributed by atoms with Crippen LogP contribution in [0.5, 0.6) is 0 Å². The minimum absolute atomic E-state index is 0.0446. The van der Waals surface area contributed by atoms with Crippen LogP contribution in [-0.2, 0) is 19.1 Å². The lowest BCUT2D eigenvalue weighted by Crippen LogP contribution is -2.40. The van der Waals surface area contributed by atoms with E-state index in [1.807, 2.05) is 0 Å². The largest absolute Gasteiger partial charge is 0.569 e. The van der Waals surface area contributed by atoms with Gasteiger partial charge in [-0.2, -0.15) is 0 Å². The van der Waals surface area contributed by atoms with Crippen molar-refractivity contribution in [2.45, 2.75) is 38.8 Å². The maximum Gasteiger partial charge on any atom is 0.511 e. The molecule has 1 atom stereocenters. The van der Waals surface area contributed by atoms with E-state index in [9.17, 15) is 14.8 Å². The summed E-state index contributed by atoms with van der Waals surface area (Å²) in [4.78, 5) is 26.3. The Hall–Kier alpha value is -2.26. The zero-order valence-electron chi connectivity index (χ0n) is 11.2. The summed E-state index contributed by atoms with van der Waals surface area (Å²) in [5.41, 5.74) is 0. The van der Waals surface area contributed by atoms with Crippen molar-refractivity contribution >= 4 is 12.1 Å². The van der Waals surface area contributed by atoms with Crippen LogP contribution in [-0.4, -0.2) is 52.7 Å². The number of carboxylic acid groups (broad SMARTS) is 1. The predicted octanol–water partition coefficient (Wildman–Crippen LogP) is 0.864. The van der Waals surface area contributed by atoms with E-state index < -0.39 is 25.0 Å². The van der Waals surface area contributed by atoms with Gasteiger partial charge in [-0.3, -0.25) is 0 Å². The van der Waals surface area contributed by atoms with E-state index in [2.05, 4.69) is 19.6 Å². The van der Waals surface area contributed by atoms with Crippen LogP contribution in [0.3, 0.4) is 0 Å². The molecule has 0 bridgehead atoms. The van der Waals surface area contributed by atoms with Crippen LogP contribution < -0.4 is 0 Å². The molecule has 20 heavy (non-hydrogen) atoms. The molecule has 114 valence electrons. The van der Waals surface area contributed by atoms with Gasteiger partial charge in [-0.15, -0.1) is 5.01 Å². The summed E-state index contributed by atoms with van der Waals surface area (Å²) in [5, 5.41) is 24.5. The van der Waals surface area contributed by atoms with Crippen LogP contribution in [0.15, 0.2) is 5.28 Å². The van der Waals surface area contributed by atoms with Crippen molar-refractivity contribution in [2.75, 3.05) is 13.3 Å². The molecule has 0 saturated carbocycles. The summed E-state index contributed by atoms with van der Waals surface area (Å²) in [6.07, 6.45) is -0.350. The van der Waals surface area contributed by atoms with E-state index in [0.717, 1.165) is 5.01 Å². The molecule has 0 aliphatic carbocycles. The van der Waals surface area contributed by atoms with Crippen LogP contribution in [0.1, 0.15) is 26.7 Å². The molecule has 1 fully saturated rings. The van der Waals surface area contributed by atoms with Crippen molar-refractivity contribution in [2.24, 2.45) is 5.28 Å². The van der Waals surface area contributed by atoms with Crippen LogP contribution in [0.2, 0.25) is 0 Å². The Kier molecular flexibility index (Phi) is 5.81. The first-order valence-corrected chi connectivity index (χ1v) is 6.04. The van der Waals surface area contributed by atoms with Crippen molar-refractivity contribution in [3.05, 3.63) is 5.21 Å². The SMILES string of the molecule is CC(C)OC(=O)OCO/N=[N+](\[O-])N1CCC[C@H]1C(=O)O. The Morgan fingerprint density at radius 1 is 1.55 bits per heavy atom. The summed E-state index contributed by atoms with van der Waals surface area (Å²) in [6, 6.07) is -0.924. The van der Waals surface area contributed by atoms with Gasteiger partial charge in [0.1, 0.15) is 0 Å². The van der Waals surface area contributed by atoms with Crippen molar-refractivity contribution in [1.82, 2.24) is 5.01 Å². The number of hydrogen-bond donors (Lipinski definition) is 1. The first-order valence-electron chi connectivity index (χ1n) is 6.04. The van der Waals surface area contributed by atoms with Gasteiger partial charge in [-0.1, -0.05) is 0 Å². The lowest BCUT2D eigenvalue weighted by molar-refractivity contribution is -0.712. The smallest absolute Gasteiger partial charge is 0.511 e. The molecule has 1 saturated heterocycles. The number of hydrazine groups is 1. The molecule has 1 N–H and O–H groups in total. The fourth-order valence-electron chi connectivity index (χ4n) is 1.63. The van der Waals surface area contributed by atoms with Gasteiger partial charge in [0.15, 0.2) is 6.04 Å². The molecule has 0 radical (unpaired) electrons. The molecule has 0 aromatic carbocycles. The van der Waals surface area contributed by atoms with Gasteiger partial charge in [0.05, 0.1) is 17.6 Å². The number of ether oxygens (including phenoxy) is 2. The van der Waals surface area contributed by atoms with Crippen molar-refractivity contribution < 1.29 is 34.0 Å². The van der Waals surface area contributed by atoms with Crippen LogP contribution >= 0.6 is 0 Å². The summed E-state index contributed by atoms with van der Waals surface area (Å²) >= 11 is 0. The van der Waals surface area contributed by atoms with E-state index >= 15 is 0 Å². The standard InChI is InChI=1S/C10H17N3O7/c1-7(2)20-10(16)18-6-19-11-13(17)12-5-3-4-8(12)9(14)15/h7-8H,3-6H2,1-2H3,(H,14,15)/b13-11-/t8-/m0/s1. The highest BCUT2D eigenvalue weighted by atomic mass is 16.8. The highest BCUT2D eigenvalue weighted by Crippen LogP contribution is 2.17. The zero-order chi connectivity index (χ0) is 15.1. The maximum atomic E-state index is 11.5. The quantitative estimate of drug-likeness (QED) is 0.191. The topological polar surface area (TPSA) is 124 Å². The third-order valence-electron chi connectivity index (χ3n) is 2.42. The minimum atomic E-state index is -1.10. The Morgan fingerprint density at radius 2 is 2.25 bits per heavy atom. The second-order valence-corrected chi connectivity index (χ2v) is 4.30. The van der Waals surface area contributed by atoms with Gasteiger partial charge in [0, 0.05) is 0 Å². The lowest BCUT2D eigenvalue weighted by Gasteiger charge is -2.16. The number of carbonyl (C=O) groups is 2. The van der Waals surface area contributed by atoms with Crippen molar-refractivity contribution in [3.8, 4) is 0 Å². The van der Waals surface area contributed by atoms with Gasteiger partial charge in [-0.25, -0.2) is 9.59 Å². The molecule has 0 aromatic rings. The normalized spacial score (nSPS) is 19.1. The van der Waals surface area contributed by atoms with E-state index in [4.69, 9.17) is 5.11 Å². The van der Waals surface area contributed by atoms with E-state index in [1.54, 1.807) is 13.8 Å². The molecule has 1 rings (SSSR count). The number of carboxylic acids is 1. The molecule has 1 heterocycles. The van der Waals surface area contributed by atoms with Crippen LogP contribution in [0, 0.1) is 5.21 Å². The third-order valence-corrected chi connectivity index (χ3v) is 2.42. The number of nitrogens with zero attached hydrogens (tertiary/aromatic N) is 3. The van der Waals surface area contributed by atoms with Crippen molar-refractivity contribution in [1.29, 1.82) is 0 Å². The second kappa shape index (κ2) is 7.36. The number of carbonyl (C=O) groups excluding carboxylic acids is 1. The highest BCUT2D eigenvalue weighted by molar-refractivity contribution is 5.73. The summed E-state index contributed by atoms with van der Waals surface area (Å²) in [5.74, 6) is -1.10. The fourth-order valence-corrected chi connectivity index (χ4v) is 1.63. The van der Waals surface area contributed by atoms with Gasteiger partial charge < -0.3 is 24.6 Å². The maximum absolute atomic E-state index is 11.5. The van der Waals surface area contributed by atoms with E-state index in [1.165, 1.54) is 0 Å². The molecule has 1 aliphatic heterocycles. The number of hydrogen-bond acceptors (Lipinski definition) is 7. The Labute approximate surface area is 115 Å². The lowest BCUT2D eigenvalue weighted by atomic mass is 10.2. The summed E-state index contributed by atoms with van der Waals surface area (Å²) < 4.78 is 9.11. The molecule has 0 unspecified atom stereocenters. The zero-order valence-corrected chi connectivity index (χ0v) is 11.2. The molecule has 0 spiro atoms. The van der Waals surface area contributed by atoms with Gasteiger partial charge in [0.2, 0.25) is 5.28 Å². The fraction of sp³-hybridized carbons (Fsp3) is 0.800. The van der Waals surface area contributed by atoms with E-state index in [0.29, 0.717) is 12.8 Å². The first kappa shape index (κ1) is 15.8. The van der Waals surface area contributed by atoms with Crippen LogP contribution in [0.25, 0.3) is 0 Å². The Morgan fingerprint density at radius 3 is 2.85 bits per heavy atom. The van der Waals surface area contributed by atoms with Crippen molar-refractivity contribution in [3.63, 3.8) is 0 Å². The number of rotatable bonds is 6. The predicted molar refractivity (Wildman–Crippen MR) is 62.1 cm³/mol. The van der Waals surface area contributed by atoms with Crippen LogP contribution in [0.4, 0.5) is 4.79 Å². The average molecular weight is 291 g/mol. The molecule has 1 aliphatic rings. The third kappa shape index (κ3) is 4.78. The molecule has 0 amide bonds. The summed E-state index contributed by atoms with van der Waals surface area (Å²) in [6.45, 7) is 2.95. The Bertz CT molecular complexity index is 385. The van der Waals surface area contributed by atoms with Gasteiger partial charge in [-0.05, 0) is 26.7 Å². The highest BCUT2D eigenvalue weighted by Gasteiger charge is 2.36. The average Bonchev–Trinajstić information content (AvgIpc) is 2.82. The molecule has 0 aromatic heterocycles. The Balaban J connectivity index is 2.35. The molecule has 10 nitrogen and oxygen atoms in total. The monoisotopic (exact) mass is 291 g/mol. The molecule has 10 heteroatoms. The number of aliphatic carboxylic acids is 1. The summed E-state index contributed by atoms with van der Waals surface area (Å²) in [7, 11) is 0. The van der Waals surface area contributed by atoms with Gasteiger partial charge >= 0.3 is 12.1 Å². The van der Waals surface area contributed by atoms with E-state index in [-0.39, 0.29) is 17.6 Å².